The lowest BCUT2D eigenvalue weighted by Crippen LogP contribution is -2.41. The molecule has 6 nitrogen and oxygen atoms in total. The fourth-order valence-corrected chi connectivity index (χ4v) is 2.81. The molecule has 0 saturated carbocycles. The Morgan fingerprint density at radius 2 is 1.74 bits per heavy atom. The molecule has 1 aromatic heterocycles. The molecule has 7 heteroatoms. The van der Waals surface area contributed by atoms with Crippen molar-refractivity contribution in [2.45, 2.75) is 20.0 Å². The number of amides is 1. The first-order chi connectivity index (χ1) is 12.9. The molecule has 1 N–H and O–H groups in total. The number of benzene rings is 2. The fraction of sp³-hybridized carbons (Fsp3) is 0.150. The number of hydrogen-bond acceptors (Lipinski definition) is 3. The molecule has 0 bridgehead atoms. The Balaban J connectivity index is 1.82. The van der Waals surface area contributed by atoms with Gasteiger partial charge in [-0.1, -0.05) is 47.5 Å². The van der Waals surface area contributed by atoms with E-state index in [4.69, 9.17) is 11.6 Å². The highest BCUT2D eigenvalue weighted by atomic mass is 35.5. The molecule has 138 valence electrons. The number of nitrogens with zero attached hydrogens (tertiary/aromatic N) is 2. The lowest BCUT2D eigenvalue weighted by atomic mass is 10.2. The maximum atomic E-state index is 12.6. The van der Waals surface area contributed by atoms with Crippen LogP contribution in [0.1, 0.15) is 11.1 Å². The summed E-state index contributed by atoms with van der Waals surface area (Å²) in [5.41, 5.74) is 1.31. The Bertz CT molecular complexity index is 1080. The molecule has 3 rings (SSSR count). The molecule has 1 amide bonds. The SMILES string of the molecule is Cc1ccc(NC(=O)Cn2c(=O)ccn(Cc3ccccc3Cl)c2=O)cc1. The van der Waals surface area contributed by atoms with Gasteiger partial charge in [0.1, 0.15) is 6.54 Å². The van der Waals surface area contributed by atoms with Crippen molar-refractivity contribution >= 4 is 23.2 Å². The van der Waals surface area contributed by atoms with Gasteiger partial charge in [-0.05, 0) is 30.7 Å². The maximum absolute atomic E-state index is 12.6. The van der Waals surface area contributed by atoms with Crippen LogP contribution in [0.3, 0.4) is 0 Å². The number of carbonyl (C=O) groups excluding carboxylic acids is 1. The molecular formula is C20H18ClN3O3. The second-order valence-corrected chi connectivity index (χ2v) is 6.56. The first-order valence-electron chi connectivity index (χ1n) is 8.34. The summed E-state index contributed by atoms with van der Waals surface area (Å²) in [5, 5.41) is 3.21. The van der Waals surface area contributed by atoms with Crippen LogP contribution in [0, 0.1) is 6.92 Å². The molecule has 27 heavy (non-hydrogen) atoms. The molecule has 2 aromatic carbocycles. The van der Waals surface area contributed by atoms with Gasteiger partial charge in [-0.15, -0.1) is 0 Å². The van der Waals surface area contributed by atoms with Gasteiger partial charge in [0.2, 0.25) is 5.91 Å². The van der Waals surface area contributed by atoms with Crippen LogP contribution in [0.25, 0.3) is 0 Å². The Hall–Kier alpha value is -3.12. The third-order valence-electron chi connectivity index (χ3n) is 4.08. The van der Waals surface area contributed by atoms with E-state index in [-0.39, 0.29) is 13.1 Å². The highest BCUT2D eigenvalue weighted by Gasteiger charge is 2.11. The molecule has 0 radical (unpaired) electrons. The number of carbonyl (C=O) groups is 1. The molecule has 0 aliphatic rings. The number of aryl methyl sites for hydroxylation is 1. The van der Waals surface area contributed by atoms with Crippen LogP contribution in [0.2, 0.25) is 5.02 Å². The summed E-state index contributed by atoms with van der Waals surface area (Å²) in [7, 11) is 0. The van der Waals surface area contributed by atoms with Crippen LogP contribution in [0.15, 0.2) is 70.4 Å². The normalized spacial score (nSPS) is 10.6. The van der Waals surface area contributed by atoms with Crippen molar-refractivity contribution in [3.05, 3.63) is 97.8 Å². The second kappa shape index (κ2) is 8.05. The number of rotatable bonds is 5. The van der Waals surface area contributed by atoms with Crippen LogP contribution in [0.4, 0.5) is 5.69 Å². The first kappa shape index (κ1) is 18.7. The van der Waals surface area contributed by atoms with E-state index in [2.05, 4.69) is 5.32 Å². The molecular weight excluding hydrogens is 366 g/mol. The van der Waals surface area contributed by atoms with Crippen molar-refractivity contribution in [2.75, 3.05) is 5.32 Å². The van der Waals surface area contributed by atoms with E-state index in [1.165, 1.54) is 16.8 Å². The van der Waals surface area contributed by atoms with Crippen LogP contribution >= 0.6 is 11.6 Å². The van der Waals surface area contributed by atoms with Gasteiger partial charge in [0.15, 0.2) is 0 Å². The van der Waals surface area contributed by atoms with Crippen LogP contribution < -0.4 is 16.6 Å². The predicted octanol–water partition coefficient (Wildman–Crippen LogP) is 2.66. The quantitative estimate of drug-likeness (QED) is 0.736. The van der Waals surface area contributed by atoms with Crippen molar-refractivity contribution < 1.29 is 4.79 Å². The van der Waals surface area contributed by atoms with Gasteiger partial charge < -0.3 is 5.32 Å². The van der Waals surface area contributed by atoms with Gasteiger partial charge >= 0.3 is 5.69 Å². The van der Waals surface area contributed by atoms with Crippen molar-refractivity contribution in [2.24, 2.45) is 0 Å². The van der Waals surface area contributed by atoms with E-state index >= 15 is 0 Å². The second-order valence-electron chi connectivity index (χ2n) is 6.16. The summed E-state index contributed by atoms with van der Waals surface area (Å²) < 4.78 is 2.25. The van der Waals surface area contributed by atoms with Crippen LogP contribution in [0.5, 0.6) is 0 Å². The Morgan fingerprint density at radius 1 is 1.04 bits per heavy atom. The third kappa shape index (κ3) is 4.54. The summed E-state index contributed by atoms with van der Waals surface area (Å²) >= 11 is 6.14. The summed E-state index contributed by atoms with van der Waals surface area (Å²) in [6.07, 6.45) is 1.41. The fourth-order valence-electron chi connectivity index (χ4n) is 2.61. The van der Waals surface area contributed by atoms with Crippen molar-refractivity contribution in [1.29, 1.82) is 0 Å². The highest BCUT2D eigenvalue weighted by Crippen LogP contribution is 2.15. The molecule has 0 spiro atoms. The first-order valence-corrected chi connectivity index (χ1v) is 8.72. The minimum absolute atomic E-state index is 0.207. The van der Waals surface area contributed by atoms with Gasteiger partial charge in [0, 0.05) is 23.0 Å². The Labute approximate surface area is 160 Å². The van der Waals surface area contributed by atoms with Gasteiger partial charge in [0.25, 0.3) is 5.56 Å². The molecule has 0 atom stereocenters. The van der Waals surface area contributed by atoms with E-state index in [9.17, 15) is 14.4 Å². The van der Waals surface area contributed by atoms with Crippen LogP contribution in [-0.4, -0.2) is 15.0 Å². The third-order valence-corrected chi connectivity index (χ3v) is 4.44. The van der Waals surface area contributed by atoms with Crippen LogP contribution in [-0.2, 0) is 17.9 Å². The van der Waals surface area contributed by atoms with Gasteiger partial charge in [-0.2, -0.15) is 0 Å². The van der Waals surface area contributed by atoms with Crippen molar-refractivity contribution in [3.8, 4) is 0 Å². The zero-order valence-electron chi connectivity index (χ0n) is 14.7. The van der Waals surface area contributed by atoms with Gasteiger partial charge in [-0.25, -0.2) is 4.79 Å². The lowest BCUT2D eigenvalue weighted by molar-refractivity contribution is -0.116. The van der Waals surface area contributed by atoms with E-state index in [0.29, 0.717) is 10.7 Å². The lowest BCUT2D eigenvalue weighted by Gasteiger charge is -2.11. The van der Waals surface area contributed by atoms with E-state index in [1.54, 1.807) is 30.3 Å². The Morgan fingerprint density at radius 3 is 2.44 bits per heavy atom. The average Bonchev–Trinajstić information content (AvgIpc) is 2.64. The zero-order chi connectivity index (χ0) is 19.4. The van der Waals surface area contributed by atoms with Crippen molar-refractivity contribution in [3.63, 3.8) is 0 Å². The van der Waals surface area contributed by atoms with Gasteiger partial charge in [0.05, 0.1) is 6.54 Å². The minimum atomic E-state index is -0.568. The standard InChI is InChI=1S/C20H18ClN3O3/c1-14-6-8-16(9-7-14)22-18(25)13-24-19(26)10-11-23(20(24)27)12-15-4-2-3-5-17(15)21/h2-11H,12-13H2,1H3,(H,22,25). The molecule has 0 saturated heterocycles. The largest absolute Gasteiger partial charge is 0.331 e. The summed E-state index contributed by atoms with van der Waals surface area (Å²) in [6, 6.07) is 15.6. The average molecular weight is 384 g/mol. The molecule has 0 unspecified atom stereocenters. The van der Waals surface area contributed by atoms with E-state index < -0.39 is 17.2 Å². The predicted molar refractivity (Wildman–Crippen MR) is 105 cm³/mol. The number of nitrogens with one attached hydrogen (secondary N) is 1. The zero-order valence-corrected chi connectivity index (χ0v) is 15.4. The van der Waals surface area contributed by atoms with Gasteiger partial charge in [-0.3, -0.25) is 18.7 Å². The number of anilines is 1. The van der Waals surface area contributed by atoms with Crippen molar-refractivity contribution in [1.82, 2.24) is 9.13 Å². The molecule has 3 aromatic rings. The highest BCUT2D eigenvalue weighted by molar-refractivity contribution is 6.31. The summed E-state index contributed by atoms with van der Waals surface area (Å²) in [4.78, 5) is 37.0. The monoisotopic (exact) mass is 383 g/mol. The minimum Gasteiger partial charge on any atom is -0.325 e. The number of aromatic nitrogens is 2. The molecule has 0 aliphatic carbocycles. The topological polar surface area (TPSA) is 73.1 Å². The number of halogens is 1. The Kier molecular flexibility index (Phi) is 5.57. The smallest absolute Gasteiger partial charge is 0.325 e. The number of hydrogen-bond donors (Lipinski definition) is 1. The van der Waals surface area contributed by atoms with E-state index in [0.717, 1.165) is 15.7 Å². The molecule has 0 fully saturated rings. The summed E-state index contributed by atoms with van der Waals surface area (Å²) in [5.74, 6) is -0.450. The van der Waals surface area contributed by atoms with E-state index in [1.807, 2.05) is 25.1 Å². The molecule has 1 heterocycles. The maximum Gasteiger partial charge on any atom is 0.331 e. The molecule has 0 aliphatic heterocycles. The summed E-state index contributed by atoms with van der Waals surface area (Å²) in [6.45, 7) is 1.78.